The summed E-state index contributed by atoms with van der Waals surface area (Å²) in [4.78, 5) is -0.257. The monoisotopic (exact) mass is 292 g/mol. The predicted octanol–water partition coefficient (Wildman–Crippen LogP) is 2.16. The van der Waals surface area contributed by atoms with Crippen LogP contribution in [-0.4, -0.2) is 19.2 Å². The van der Waals surface area contributed by atoms with Crippen molar-refractivity contribution >= 4 is 20.9 Å². The molecule has 2 rings (SSSR count). The molecule has 0 bridgehead atoms. The van der Waals surface area contributed by atoms with Gasteiger partial charge in [-0.1, -0.05) is 18.2 Å². The first kappa shape index (κ1) is 13.9. The summed E-state index contributed by atoms with van der Waals surface area (Å²) in [5.74, 6) is 0. The zero-order valence-electron chi connectivity index (χ0n) is 9.90. The van der Waals surface area contributed by atoms with Crippen molar-refractivity contribution in [1.29, 1.82) is 0 Å². The maximum atomic E-state index is 12.6. The second kappa shape index (κ2) is 4.24. The van der Waals surface area contributed by atoms with Crippen LogP contribution in [0.2, 0.25) is 0 Å². The molecule has 0 saturated carbocycles. The number of hydrogen-bond acceptors (Lipinski definition) is 2. The lowest BCUT2D eigenvalue weighted by atomic mass is 10.2. The third-order valence-electron chi connectivity index (χ3n) is 2.79. The van der Waals surface area contributed by atoms with Gasteiger partial charge in [0.05, 0.1) is 0 Å². The third-order valence-corrected chi connectivity index (χ3v) is 3.88. The molecule has 0 aliphatic rings. The van der Waals surface area contributed by atoms with Crippen LogP contribution in [0.3, 0.4) is 0 Å². The summed E-state index contributed by atoms with van der Waals surface area (Å²) in [5.41, 5.74) is 0.183. The summed E-state index contributed by atoms with van der Waals surface area (Å²) in [5, 5.41) is 5.28. The van der Waals surface area contributed by atoms with Crippen molar-refractivity contribution in [2.75, 3.05) is 0 Å². The number of hydrogen-bond donors (Lipinski definition) is 1. The van der Waals surface area contributed by atoms with Gasteiger partial charge in [-0.3, -0.25) is 0 Å². The minimum atomic E-state index is -4.44. The Balaban J connectivity index is 2.83. The van der Waals surface area contributed by atoms with E-state index >= 15 is 0 Å². The average molecular weight is 292 g/mol. The molecule has 0 amide bonds. The van der Waals surface area contributed by atoms with Crippen molar-refractivity contribution in [2.24, 2.45) is 5.14 Å². The first-order chi connectivity index (χ1) is 8.61. The Morgan fingerprint density at radius 1 is 1.26 bits per heavy atom. The van der Waals surface area contributed by atoms with Gasteiger partial charge in [0.1, 0.15) is 11.4 Å². The molecule has 1 heterocycles. The number of rotatable bonds is 2. The molecule has 0 aliphatic carbocycles. The van der Waals surface area contributed by atoms with Crippen molar-refractivity contribution in [3.63, 3.8) is 0 Å². The van der Waals surface area contributed by atoms with Crippen LogP contribution in [0.25, 0.3) is 10.9 Å². The molecule has 1 aromatic heterocycles. The highest BCUT2D eigenvalue weighted by Gasteiger charge is 2.31. The number of alkyl halides is 3. The maximum Gasteiger partial charge on any atom is 0.406 e. The third kappa shape index (κ3) is 2.59. The van der Waals surface area contributed by atoms with Crippen molar-refractivity contribution < 1.29 is 21.6 Å². The summed E-state index contributed by atoms with van der Waals surface area (Å²) in [6, 6.07) is 5.97. The number of primary sulfonamides is 1. The smallest absolute Gasteiger partial charge is 0.334 e. The largest absolute Gasteiger partial charge is 0.406 e. The predicted molar refractivity (Wildman–Crippen MR) is 64.1 cm³/mol. The first-order valence-electron chi connectivity index (χ1n) is 5.28. The Hall–Kier alpha value is -1.54. The molecular weight excluding hydrogens is 281 g/mol. The molecule has 0 aliphatic heterocycles. The van der Waals surface area contributed by atoms with E-state index in [9.17, 15) is 21.6 Å². The van der Waals surface area contributed by atoms with Gasteiger partial charge < -0.3 is 4.57 Å². The lowest BCUT2D eigenvalue weighted by Gasteiger charge is -2.11. The molecule has 0 atom stereocenters. The molecular formula is C11H11F3N2O2S. The number of aromatic nitrogens is 1. The minimum Gasteiger partial charge on any atom is -0.334 e. The number of benzene rings is 1. The Labute approximate surface area is 107 Å². The zero-order valence-corrected chi connectivity index (χ0v) is 10.7. The van der Waals surface area contributed by atoms with Gasteiger partial charge >= 0.3 is 6.18 Å². The van der Waals surface area contributed by atoms with Crippen molar-refractivity contribution in [1.82, 2.24) is 4.57 Å². The number of nitrogens with two attached hydrogens (primary N) is 1. The Kier molecular flexibility index (Phi) is 3.10. The summed E-state index contributed by atoms with van der Waals surface area (Å²) < 4.78 is 61.6. The number of para-hydroxylation sites is 1. The van der Waals surface area contributed by atoms with Crippen LogP contribution in [-0.2, 0) is 16.6 Å². The molecule has 2 N–H and O–H groups in total. The van der Waals surface area contributed by atoms with Crippen molar-refractivity contribution in [3.05, 3.63) is 30.0 Å². The van der Waals surface area contributed by atoms with Gasteiger partial charge in [-0.05, 0) is 13.0 Å². The van der Waals surface area contributed by atoms with E-state index in [4.69, 9.17) is 5.14 Å². The quantitative estimate of drug-likeness (QED) is 0.921. The molecule has 0 saturated heterocycles. The van der Waals surface area contributed by atoms with Crippen molar-refractivity contribution in [3.8, 4) is 0 Å². The van der Waals surface area contributed by atoms with Gasteiger partial charge in [-0.25, -0.2) is 13.6 Å². The molecule has 0 unspecified atom stereocenters. The Morgan fingerprint density at radius 3 is 2.37 bits per heavy atom. The zero-order chi connectivity index (χ0) is 14.4. The minimum absolute atomic E-state index is 0.0129. The fraction of sp³-hybridized carbons (Fsp3) is 0.273. The van der Waals surface area contributed by atoms with Crippen LogP contribution in [0, 0.1) is 6.92 Å². The molecule has 104 valence electrons. The molecule has 0 spiro atoms. The number of nitrogens with zero attached hydrogens (tertiary/aromatic N) is 1. The van der Waals surface area contributed by atoms with Gasteiger partial charge in [0.2, 0.25) is 10.0 Å². The lowest BCUT2D eigenvalue weighted by Crippen LogP contribution is -2.19. The van der Waals surface area contributed by atoms with E-state index in [0.29, 0.717) is 0 Å². The van der Waals surface area contributed by atoms with Crippen LogP contribution < -0.4 is 5.14 Å². The highest BCUT2D eigenvalue weighted by Crippen LogP contribution is 2.31. The lowest BCUT2D eigenvalue weighted by molar-refractivity contribution is -0.140. The molecule has 19 heavy (non-hydrogen) atoms. The first-order valence-corrected chi connectivity index (χ1v) is 6.83. The van der Waals surface area contributed by atoms with Crippen molar-refractivity contribution in [2.45, 2.75) is 24.5 Å². The van der Waals surface area contributed by atoms with Crippen LogP contribution in [0.1, 0.15) is 5.69 Å². The van der Waals surface area contributed by atoms with Gasteiger partial charge in [-0.15, -0.1) is 0 Å². The molecule has 2 aromatic rings. The normalized spacial score (nSPS) is 13.1. The number of halogens is 3. The second-order valence-electron chi connectivity index (χ2n) is 4.18. The van der Waals surface area contributed by atoms with Crippen LogP contribution in [0.5, 0.6) is 0 Å². The van der Waals surface area contributed by atoms with Crippen LogP contribution >= 0.6 is 0 Å². The topological polar surface area (TPSA) is 65.1 Å². The van der Waals surface area contributed by atoms with Gasteiger partial charge in [0.25, 0.3) is 0 Å². The van der Waals surface area contributed by atoms with Gasteiger partial charge in [0, 0.05) is 16.6 Å². The Morgan fingerprint density at radius 2 is 1.84 bits per heavy atom. The van der Waals surface area contributed by atoms with Crippen LogP contribution in [0.15, 0.2) is 29.2 Å². The highest BCUT2D eigenvalue weighted by atomic mass is 32.2. The Bertz CT molecular complexity index is 732. The van der Waals surface area contributed by atoms with E-state index in [2.05, 4.69) is 0 Å². The summed E-state index contributed by atoms with van der Waals surface area (Å²) >= 11 is 0. The standard InChI is InChI=1S/C11H11F3N2O2S/c1-7-10(19(15,17)18)8-4-2-3-5-9(8)16(7)6-11(12,13)14/h2-5H,6H2,1H3,(H2,15,17,18). The van der Waals surface area contributed by atoms with E-state index in [1.54, 1.807) is 12.1 Å². The summed E-state index contributed by atoms with van der Waals surface area (Å²) in [6.45, 7) is 0.0559. The van der Waals surface area contributed by atoms with E-state index in [1.807, 2.05) is 0 Å². The highest BCUT2D eigenvalue weighted by molar-refractivity contribution is 7.89. The maximum absolute atomic E-state index is 12.6. The summed E-state index contributed by atoms with van der Waals surface area (Å²) in [6.07, 6.45) is -4.44. The number of fused-ring (bicyclic) bond motifs is 1. The molecule has 0 radical (unpaired) electrons. The van der Waals surface area contributed by atoms with E-state index < -0.39 is 22.7 Å². The van der Waals surface area contributed by atoms with E-state index in [1.165, 1.54) is 19.1 Å². The molecule has 8 heteroatoms. The van der Waals surface area contributed by atoms with Crippen LogP contribution in [0.4, 0.5) is 13.2 Å². The fourth-order valence-corrected chi connectivity index (χ4v) is 3.14. The average Bonchev–Trinajstić information content (AvgIpc) is 2.49. The fourth-order valence-electron chi connectivity index (χ4n) is 2.14. The molecule has 1 aromatic carbocycles. The van der Waals surface area contributed by atoms with E-state index in [-0.39, 0.29) is 21.5 Å². The number of sulfonamides is 1. The van der Waals surface area contributed by atoms with Gasteiger partial charge in [-0.2, -0.15) is 13.2 Å². The molecule has 0 fully saturated rings. The summed E-state index contributed by atoms with van der Waals surface area (Å²) in [7, 11) is -4.08. The SMILES string of the molecule is Cc1c(S(N)(=O)=O)c2ccccc2n1CC(F)(F)F. The van der Waals surface area contributed by atoms with E-state index in [0.717, 1.165) is 4.57 Å². The second-order valence-corrected chi connectivity index (χ2v) is 5.68. The molecule has 4 nitrogen and oxygen atoms in total. The van der Waals surface area contributed by atoms with Gasteiger partial charge in [0.15, 0.2) is 0 Å².